The molecule has 114 heavy (non-hydrogen) atoms. The van der Waals surface area contributed by atoms with Crippen LogP contribution < -0.4 is 61.3 Å². The van der Waals surface area contributed by atoms with Gasteiger partial charge in [0.25, 0.3) is 0 Å². The fraction of sp³-hybridized carbons (Fsp3) is 0.500. The van der Waals surface area contributed by atoms with Gasteiger partial charge >= 0.3 is 130 Å². The summed E-state index contributed by atoms with van der Waals surface area (Å²) in [6.07, 6.45) is -2.50. The first-order valence-corrected chi connectivity index (χ1v) is 33.7. The van der Waals surface area contributed by atoms with Crippen molar-refractivity contribution < 1.29 is 253 Å². The van der Waals surface area contributed by atoms with Crippen LogP contribution in [0.5, 0.6) is 0 Å². The van der Waals surface area contributed by atoms with Crippen molar-refractivity contribution in [2.75, 3.05) is 0 Å². The van der Waals surface area contributed by atoms with Gasteiger partial charge in [0.15, 0.2) is 0 Å². The molecule has 0 atom stereocenters. The SMILES string of the molecule is CC(C)(C)c1ccc(C(=O)[O-])cc1.CC(C)(C)c1ccc(C(=O)[O-])cc1.CC(C)(C)c1ccc(C(=O)[O-])cc1.CC(C)(C)c1ccc(C(=O)[O-])cc1.CC(C)(C)c1ccc(C(=O)[O-])cc1.CC(C)(C)c1ccc(C(=O)[O-])cc1.CC(C)[O-].CC(C)[O-].CC(C)[O-].CC(C)[O-].CC(C)[O-].CC(C)[O-].[O-2].[O-2].[O-2].[O-2].[O-2].[O-2].[Ti+4].[Ti+4].[Ti+4].[Ti+4].[Ti+4].[Ti+4]. The predicted molar refractivity (Wildman–Crippen MR) is 392 cm³/mol. The minimum atomic E-state index is -1.12. The third-order valence-electron chi connectivity index (χ3n) is 11.9. The number of carboxylic acids is 6. The van der Waals surface area contributed by atoms with Crippen molar-refractivity contribution in [1.29, 1.82) is 0 Å². The van der Waals surface area contributed by atoms with Crippen molar-refractivity contribution in [3.63, 3.8) is 0 Å². The fourth-order valence-corrected chi connectivity index (χ4v) is 6.64. The Labute approximate surface area is 771 Å². The number of carbonyl (C=O) groups is 6. The summed E-state index contributed by atoms with van der Waals surface area (Å²) in [5, 5.41) is 120. The third kappa shape index (κ3) is 91.8. The molecule has 0 N–H and O–H groups in total. The van der Waals surface area contributed by atoms with Crippen LogP contribution in [0.3, 0.4) is 0 Å². The summed E-state index contributed by atoms with van der Waals surface area (Å²) < 4.78 is 0. The molecule has 6 rings (SSSR count). The Morgan fingerprint density at radius 1 is 0.184 bits per heavy atom. The zero-order valence-corrected chi connectivity index (χ0v) is 81.5. The largest absolute Gasteiger partial charge is 4.00 e. The molecular weight excluding hydrogens is 1680 g/mol. The van der Waals surface area contributed by atoms with Crippen molar-refractivity contribution in [3.8, 4) is 0 Å². The number of carbonyl (C=O) groups excluding carboxylic acids is 6. The van der Waals surface area contributed by atoms with Crippen LogP contribution in [0, 0.1) is 0 Å². The normalized spacial score (nSPS) is 9.63. The van der Waals surface area contributed by atoms with E-state index >= 15 is 0 Å². The molecule has 0 amide bonds. The Morgan fingerprint density at radius 3 is 0.272 bits per heavy atom. The van der Waals surface area contributed by atoms with Gasteiger partial charge in [0.1, 0.15) is 0 Å². The number of benzene rings is 6. The van der Waals surface area contributed by atoms with Gasteiger partial charge in [-0.25, -0.2) is 0 Å². The summed E-state index contributed by atoms with van der Waals surface area (Å²) in [5.74, 6) is -6.75. The fourth-order valence-electron chi connectivity index (χ4n) is 6.64. The molecule has 0 bridgehead atoms. The zero-order chi connectivity index (χ0) is 81.8. The standard InChI is InChI=1S/6C11H14O2.6C3H7O.6O.6Ti/c6*1-11(2,3)9-6-4-8(5-7-9)10(12)13;6*1-3(2)4;;;;;;;;;;;;/h6*4-7H,1-3H3,(H,12,13);6*3H,1-2H3;;;;;;;;;;;;/q;;;;;;6*-1;6*-2;6*+4/p-6. The molecule has 0 aliphatic heterocycles. The van der Waals surface area contributed by atoms with E-state index in [1.54, 1.807) is 156 Å². The molecule has 0 saturated carbocycles. The number of aromatic carboxylic acids is 6. The van der Waals surface area contributed by atoms with Crippen molar-refractivity contribution in [2.24, 2.45) is 0 Å². The monoisotopic (exact) mass is 1800 g/mol. The van der Waals surface area contributed by atoms with Crippen molar-refractivity contribution in [3.05, 3.63) is 212 Å². The first-order chi connectivity index (χ1) is 45.9. The van der Waals surface area contributed by atoms with Gasteiger partial charge in [0.05, 0.1) is 35.8 Å². The van der Waals surface area contributed by atoms with E-state index in [2.05, 4.69) is 125 Å². The molecule has 0 spiro atoms. The van der Waals surface area contributed by atoms with Crippen molar-refractivity contribution >= 4 is 35.8 Å². The first kappa shape index (κ1) is 154. The van der Waals surface area contributed by atoms with Gasteiger partial charge in [-0.15, -0.1) is 36.6 Å². The molecule has 0 heterocycles. The van der Waals surface area contributed by atoms with Crippen LogP contribution in [0.4, 0.5) is 0 Å². The Hall–Kier alpha value is -4.05. The molecule has 0 radical (unpaired) electrons. The summed E-state index contributed by atoms with van der Waals surface area (Å²) in [7, 11) is 0. The van der Waals surface area contributed by atoms with E-state index in [1.807, 2.05) is 72.8 Å². The molecule has 0 aliphatic carbocycles. The summed E-state index contributed by atoms with van der Waals surface area (Å²) in [6.45, 7) is 56.9. The van der Waals surface area contributed by atoms with E-state index in [0.717, 1.165) is 33.4 Å². The van der Waals surface area contributed by atoms with Gasteiger partial charge < -0.3 is 123 Å². The third-order valence-corrected chi connectivity index (χ3v) is 11.9. The molecule has 0 aliphatic rings. The van der Waals surface area contributed by atoms with E-state index < -0.39 is 72.4 Å². The van der Waals surface area contributed by atoms with E-state index in [4.69, 9.17) is 0 Å². The zero-order valence-electron chi connectivity index (χ0n) is 72.1. The predicted octanol–water partition coefficient (Wildman–Crippen LogP) is 5.89. The van der Waals surface area contributed by atoms with Crippen molar-refractivity contribution in [1.82, 2.24) is 0 Å². The Balaban J connectivity index is -0.0000000562. The maximum absolute atomic E-state index is 10.5. The minimum absolute atomic E-state index is 0. The van der Waals surface area contributed by atoms with E-state index in [0.29, 0.717) is 0 Å². The van der Waals surface area contributed by atoms with Crippen LogP contribution in [-0.2, 0) is 196 Å². The summed E-state index contributed by atoms with van der Waals surface area (Å²) in [6, 6.07) is 40.8. The number of hydrogen-bond acceptors (Lipinski definition) is 18. The average Bonchev–Trinajstić information content (AvgIpc) is 0.895. The van der Waals surface area contributed by atoms with Crippen LogP contribution in [0.25, 0.3) is 0 Å². The molecular formula is C84H120O24Ti6. The maximum atomic E-state index is 10.5. The van der Waals surface area contributed by atoms with E-state index in [1.165, 1.54) is 0 Å². The maximum Gasteiger partial charge on any atom is 4.00 e. The van der Waals surface area contributed by atoms with Crippen LogP contribution in [-0.4, -0.2) is 72.4 Å². The topological polar surface area (TPSA) is 550 Å². The molecule has 624 valence electrons. The summed E-state index contributed by atoms with van der Waals surface area (Å²) >= 11 is 0. The van der Waals surface area contributed by atoms with Gasteiger partial charge in [-0.05, 0) is 99.3 Å². The molecule has 6 aromatic rings. The summed E-state index contributed by atoms with van der Waals surface area (Å²) in [4.78, 5) is 62.7. The first-order valence-electron chi connectivity index (χ1n) is 33.7. The number of rotatable bonds is 6. The number of carboxylic acid groups (broad SMARTS) is 6. The quantitative estimate of drug-likeness (QED) is 0.175. The van der Waals surface area contributed by atoms with Crippen LogP contribution in [0.2, 0.25) is 0 Å². The molecule has 30 heteroatoms. The Kier molecular flexibility index (Phi) is 105. The van der Waals surface area contributed by atoms with Crippen molar-refractivity contribution in [2.45, 2.75) is 277 Å². The molecule has 0 aromatic heterocycles. The van der Waals surface area contributed by atoms with Crippen LogP contribution >= 0.6 is 0 Å². The molecule has 0 unspecified atom stereocenters. The number of hydrogen-bond donors (Lipinski definition) is 0. The second-order valence-electron chi connectivity index (χ2n) is 31.0. The molecule has 0 fully saturated rings. The molecule has 6 aromatic carbocycles. The van der Waals surface area contributed by atoms with Gasteiger partial charge in [-0.3, -0.25) is 0 Å². The van der Waals surface area contributed by atoms with Crippen LogP contribution in [0.15, 0.2) is 146 Å². The summed E-state index contributed by atoms with van der Waals surface area (Å²) in [5.41, 5.74) is 8.47. The van der Waals surface area contributed by atoms with Gasteiger partial charge in [0, 0.05) is 0 Å². The molecule has 24 nitrogen and oxygen atoms in total. The average molecular weight is 1800 g/mol. The van der Waals surface area contributed by atoms with Gasteiger partial charge in [-0.2, -0.15) is 0 Å². The molecule has 0 saturated heterocycles. The van der Waals surface area contributed by atoms with Gasteiger partial charge in [0.2, 0.25) is 0 Å². The second kappa shape index (κ2) is 77.5. The van der Waals surface area contributed by atoms with Gasteiger partial charge in [-0.1, -0.05) is 353 Å². The Bertz CT molecular complexity index is 2670. The minimum Gasteiger partial charge on any atom is -2.00 e. The Morgan fingerprint density at radius 2 is 0.237 bits per heavy atom. The van der Waals surface area contributed by atoms with E-state index in [-0.39, 0.29) is 229 Å². The second-order valence-corrected chi connectivity index (χ2v) is 31.0. The van der Waals surface area contributed by atoms with E-state index in [9.17, 15) is 90.0 Å². The van der Waals surface area contributed by atoms with Crippen LogP contribution in [0.1, 0.15) is 303 Å². The smallest absolute Gasteiger partial charge is 2.00 e.